The van der Waals surface area contributed by atoms with Crippen molar-refractivity contribution in [2.75, 3.05) is 0 Å². The molecule has 0 heteroatoms. The van der Waals surface area contributed by atoms with Gasteiger partial charge in [-0.2, -0.15) is 0 Å². The van der Waals surface area contributed by atoms with Crippen molar-refractivity contribution in [3.8, 4) is 0 Å². The van der Waals surface area contributed by atoms with Crippen molar-refractivity contribution in [2.24, 2.45) is 17.8 Å². The molecule has 3 unspecified atom stereocenters. The lowest BCUT2D eigenvalue weighted by Gasteiger charge is -2.31. The molecule has 0 aromatic heterocycles. The summed E-state index contributed by atoms with van der Waals surface area (Å²) >= 11 is 0. The molecule has 0 radical (unpaired) electrons. The Morgan fingerprint density at radius 2 is 1.12 bits per heavy atom. The average molecular weight is 353 g/mol. The highest BCUT2D eigenvalue weighted by molar-refractivity contribution is 4.74. The van der Waals surface area contributed by atoms with Crippen molar-refractivity contribution in [3.05, 3.63) is 0 Å². The Bertz CT molecular complexity index is 226. The molecule has 152 valence electrons. The maximum absolute atomic E-state index is 2.40. The van der Waals surface area contributed by atoms with Crippen molar-refractivity contribution in [1.82, 2.24) is 0 Å². The number of unbranched alkanes of at least 4 members (excludes halogenated alkanes) is 5. The summed E-state index contributed by atoms with van der Waals surface area (Å²) in [5.74, 6) is 3.14. The van der Waals surface area contributed by atoms with Gasteiger partial charge in [-0.1, -0.05) is 144 Å². The molecule has 0 nitrogen and oxygen atoms in total. The molecular formula is C25H52. The van der Waals surface area contributed by atoms with Gasteiger partial charge in [0.05, 0.1) is 0 Å². The second-order valence-corrected chi connectivity index (χ2v) is 8.83. The third kappa shape index (κ3) is 14.8. The molecule has 0 saturated heterocycles. The van der Waals surface area contributed by atoms with Crippen molar-refractivity contribution < 1.29 is 0 Å². The SMILES string of the molecule is CCCC1CCCCC1CCC.CCCCCCCCC(C)CCC. The second-order valence-electron chi connectivity index (χ2n) is 8.83. The largest absolute Gasteiger partial charge is 0.0654 e. The third-order valence-electron chi connectivity index (χ3n) is 6.22. The maximum atomic E-state index is 2.40. The molecule has 0 heterocycles. The molecule has 25 heavy (non-hydrogen) atoms. The van der Waals surface area contributed by atoms with Gasteiger partial charge >= 0.3 is 0 Å². The van der Waals surface area contributed by atoms with Gasteiger partial charge < -0.3 is 0 Å². The smallest absolute Gasteiger partial charge is 0.0386 e. The van der Waals surface area contributed by atoms with E-state index in [4.69, 9.17) is 0 Å². The van der Waals surface area contributed by atoms with Gasteiger partial charge in [0.2, 0.25) is 0 Å². The van der Waals surface area contributed by atoms with Gasteiger partial charge in [0.1, 0.15) is 0 Å². The summed E-state index contributed by atoms with van der Waals surface area (Å²) in [6, 6.07) is 0. The van der Waals surface area contributed by atoms with Gasteiger partial charge in [0, 0.05) is 0 Å². The van der Waals surface area contributed by atoms with Crippen molar-refractivity contribution in [2.45, 2.75) is 144 Å². The molecule has 3 atom stereocenters. The van der Waals surface area contributed by atoms with E-state index < -0.39 is 0 Å². The summed E-state index contributed by atoms with van der Waals surface area (Å²) in [4.78, 5) is 0. The predicted molar refractivity (Wildman–Crippen MR) is 117 cm³/mol. The van der Waals surface area contributed by atoms with Gasteiger partial charge in [0.15, 0.2) is 0 Å². The van der Waals surface area contributed by atoms with Gasteiger partial charge in [-0.3, -0.25) is 0 Å². The van der Waals surface area contributed by atoms with E-state index in [-0.39, 0.29) is 0 Å². The lowest BCUT2D eigenvalue weighted by Crippen LogP contribution is -2.19. The quantitative estimate of drug-likeness (QED) is 0.289. The van der Waals surface area contributed by atoms with E-state index in [1.165, 1.54) is 109 Å². The third-order valence-corrected chi connectivity index (χ3v) is 6.22. The number of hydrogen-bond donors (Lipinski definition) is 0. The maximum Gasteiger partial charge on any atom is -0.0386 e. The van der Waals surface area contributed by atoms with E-state index in [0.29, 0.717) is 0 Å². The molecule has 0 aromatic rings. The molecular weight excluding hydrogens is 300 g/mol. The van der Waals surface area contributed by atoms with Crippen LogP contribution < -0.4 is 0 Å². The molecule has 0 bridgehead atoms. The van der Waals surface area contributed by atoms with Crippen LogP contribution in [0, 0.1) is 17.8 Å². The summed E-state index contributed by atoms with van der Waals surface area (Å²) in [5.41, 5.74) is 0. The van der Waals surface area contributed by atoms with E-state index in [1.54, 1.807) is 0 Å². The fraction of sp³-hybridized carbons (Fsp3) is 1.00. The second kappa shape index (κ2) is 18.8. The van der Waals surface area contributed by atoms with Crippen LogP contribution in [0.1, 0.15) is 144 Å². The topological polar surface area (TPSA) is 0 Å². The highest BCUT2D eigenvalue weighted by atomic mass is 14.3. The van der Waals surface area contributed by atoms with Crippen molar-refractivity contribution >= 4 is 0 Å². The molecule has 1 fully saturated rings. The summed E-state index contributed by atoms with van der Waals surface area (Å²) in [6.07, 6.45) is 24.7. The first-order valence-corrected chi connectivity index (χ1v) is 12.2. The fourth-order valence-corrected chi connectivity index (χ4v) is 4.70. The van der Waals surface area contributed by atoms with Crippen LogP contribution in [-0.2, 0) is 0 Å². The average Bonchev–Trinajstić information content (AvgIpc) is 2.61. The highest BCUT2D eigenvalue weighted by Gasteiger charge is 2.22. The van der Waals surface area contributed by atoms with E-state index in [9.17, 15) is 0 Å². The normalized spacial score (nSPS) is 21.5. The van der Waals surface area contributed by atoms with Gasteiger partial charge in [-0.05, 0) is 17.8 Å². The number of rotatable bonds is 13. The van der Waals surface area contributed by atoms with Crippen LogP contribution in [0.2, 0.25) is 0 Å². The Kier molecular flexibility index (Phi) is 18.8. The van der Waals surface area contributed by atoms with Crippen LogP contribution in [0.4, 0.5) is 0 Å². The minimum Gasteiger partial charge on any atom is -0.0654 e. The van der Waals surface area contributed by atoms with Crippen LogP contribution in [0.15, 0.2) is 0 Å². The minimum atomic E-state index is 0.969. The minimum absolute atomic E-state index is 0.969. The molecule has 1 rings (SSSR count). The predicted octanol–water partition coefficient (Wildman–Crippen LogP) is 9.57. The molecule has 1 saturated carbocycles. The van der Waals surface area contributed by atoms with Crippen LogP contribution in [0.3, 0.4) is 0 Å². The monoisotopic (exact) mass is 352 g/mol. The highest BCUT2D eigenvalue weighted by Crippen LogP contribution is 2.35. The van der Waals surface area contributed by atoms with E-state index in [1.807, 2.05) is 0 Å². The Balaban J connectivity index is 0.000000462. The first-order valence-electron chi connectivity index (χ1n) is 12.2. The zero-order valence-electron chi connectivity index (χ0n) is 18.8. The van der Waals surface area contributed by atoms with Gasteiger partial charge in [-0.15, -0.1) is 0 Å². The molecule has 0 aliphatic heterocycles. The molecule has 1 aliphatic rings. The first-order chi connectivity index (χ1) is 12.2. The molecule has 0 amide bonds. The van der Waals surface area contributed by atoms with E-state index in [0.717, 1.165) is 17.8 Å². The van der Waals surface area contributed by atoms with E-state index in [2.05, 4.69) is 34.6 Å². The molecule has 1 aliphatic carbocycles. The van der Waals surface area contributed by atoms with Gasteiger partial charge in [-0.25, -0.2) is 0 Å². The van der Waals surface area contributed by atoms with Crippen molar-refractivity contribution in [3.63, 3.8) is 0 Å². The lowest BCUT2D eigenvalue weighted by atomic mass is 9.75. The summed E-state index contributed by atoms with van der Waals surface area (Å²) in [6.45, 7) is 11.6. The summed E-state index contributed by atoms with van der Waals surface area (Å²) in [7, 11) is 0. The lowest BCUT2D eigenvalue weighted by molar-refractivity contribution is 0.209. The van der Waals surface area contributed by atoms with Crippen LogP contribution >= 0.6 is 0 Å². The zero-order valence-corrected chi connectivity index (χ0v) is 18.8. The zero-order chi connectivity index (χ0) is 18.8. The first kappa shape index (κ1) is 25.0. The Hall–Kier alpha value is 0. The van der Waals surface area contributed by atoms with Crippen LogP contribution in [0.25, 0.3) is 0 Å². The summed E-state index contributed by atoms with van der Waals surface area (Å²) in [5, 5.41) is 0. The van der Waals surface area contributed by atoms with Gasteiger partial charge in [0.25, 0.3) is 0 Å². The Labute approximate surface area is 161 Å². The number of hydrogen-bond acceptors (Lipinski definition) is 0. The standard InChI is InChI=1S/C13H28.C12H24/c1-4-6-7-8-9-10-12-13(3)11-5-2;1-3-7-11-9-5-6-10-12(11)8-4-2/h13H,4-12H2,1-3H3;11-12H,3-10H2,1-2H3. The molecule has 0 N–H and O–H groups in total. The fourth-order valence-electron chi connectivity index (χ4n) is 4.70. The van der Waals surface area contributed by atoms with Crippen LogP contribution in [0.5, 0.6) is 0 Å². The van der Waals surface area contributed by atoms with E-state index >= 15 is 0 Å². The molecule has 0 spiro atoms. The molecule has 0 aromatic carbocycles. The summed E-state index contributed by atoms with van der Waals surface area (Å²) < 4.78 is 0. The Morgan fingerprint density at radius 3 is 1.60 bits per heavy atom. The van der Waals surface area contributed by atoms with Crippen molar-refractivity contribution in [1.29, 1.82) is 0 Å². The Morgan fingerprint density at radius 1 is 0.600 bits per heavy atom. The van der Waals surface area contributed by atoms with Crippen LogP contribution in [-0.4, -0.2) is 0 Å².